The van der Waals surface area contributed by atoms with Crippen molar-refractivity contribution in [3.8, 4) is 5.75 Å². The summed E-state index contributed by atoms with van der Waals surface area (Å²) in [6.07, 6.45) is 0.703. The predicted octanol–water partition coefficient (Wildman–Crippen LogP) is 2.37. The standard InChI is InChI=1S/C24H28N2O5/c1-29-20-10-8-19(9-11-20)24(16-21(24)30-2)23(28)31-22(18-6-4-3-5-7-18)26-14-12-25(17-27)13-15-26/h3-11,17,21-22H,12-16H2,1-2H3/t21-,22?,24-/m1/s1. The van der Waals surface area contributed by atoms with Crippen LogP contribution in [-0.2, 0) is 24.5 Å². The second-order valence-corrected chi connectivity index (χ2v) is 7.97. The third kappa shape index (κ3) is 4.16. The molecule has 2 aliphatic rings. The fourth-order valence-electron chi connectivity index (χ4n) is 4.30. The van der Waals surface area contributed by atoms with Crippen molar-refractivity contribution in [2.45, 2.75) is 24.2 Å². The number of rotatable bonds is 8. The van der Waals surface area contributed by atoms with Gasteiger partial charge in [0.25, 0.3) is 0 Å². The molecule has 2 aromatic carbocycles. The summed E-state index contributed by atoms with van der Waals surface area (Å²) < 4.78 is 17.0. The van der Waals surface area contributed by atoms with Crippen LogP contribution in [0.2, 0.25) is 0 Å². The van der Waals surface area contributed by atoms with E-state index in [4.69, 9.17) is 14.2 Å². The summed E-state index contributed by atoms with van der Waals surface area (Å²) >= 11 is 0. The molecule has 1 saturated carbocycles. The first kappa shape index (κ1) is 21.3. The van der Waals surface area contributed by atoms with Gasteiger partial charge in [-0.15, -0.1) is 0 Å². The monoisotopic (exact) mass is 424 g/mol. The summed E-state index contributed by atoms with van der Waals surface area (Å²) in [4.78, 5) is 28.5. The Morgan fingerprint density at radius 1 is 1.03 bits per heavy atom. The summed E-state index contributed by atoms with van der Waals surface area (Å²) in [5.74, 6) is 0.438. The van der Waals surface area contributed by atoms with Gasteiger partial charge in [-0.1, -0.05) is 42.5 Å². The fourth-order valence-corrected chi connectivity index (χ4v) is 4.30. The van der Waals surface area contributed by atoms with Gasteiger partial charge in [0.05, 0.1) is 13.2 Å². The van der Waals surface area contributed by atoms with Crippen molar-refractivity contribution in [3.05, 3.63) is 65.7 Å². The highest BCUT2D eigenvalue weighted by molar-refractivity contribution is 5.88. The highest BCUT2D eigenvalue weighted by atomic mass is 16.6. The van der Waals surface area contributed by atoms with Gasteiger partial charge < -0.3 is 19.1 Å². The van der Waals surface area contributed by atoms with E-state index in [0.717, 1.165) is 23.3 Å². The van der Waals surface area contributed by atoms with E-state index in [-0.39, 0.29) is 12.1 Å². The third-order valence-corrected chi connectivity index (χ3v) is 6.28. The Morgan fingerprint density at radius 2 is 1.71 bits per heavy atom. The Kier molecular flexibility index (Phi) is 6.25. The molecule has 0 radical (unpaired) electrons. The van der Waals surface area contributed by atoms with Gasteiger partial charge in [-0.05, 0) is 24.1 Å². The summed E-state index contributed by atoms with van der Waals surface area (Å²) in [6.45, 7) is 2.48. The van der Waals surface area contributed by atoms with Crippen molar-refractivity contribution in [2.75, 3.05) is 40.4 Å². The van der Waals surface area contributed by atoms with Gasteiger partial charge in [0, 0.05) is 38.9 Å². The number of benzene rings is 2. The van der Waals surface area contributed by atoms with Gasteiger partial charge in [-0.3, -0.25) is 14.5 Å². The van der Waals surface area contributed by atoms with Gasteiger partial charge >= 0.3 is 5.97 Å². The average molecular weight is 424 g/mol. The maximum atomic E-state index is 13.6. The van der Waals surface area contributed by atoms with Crippen LogP contribution in [0, 0.1) is 0 Å². The molecule has 1 heterocycles. The molecule has 0 bridgehead atoms. The predicted molar refractivity (Wildman–Crippen MR) is 115 cm³/mol. The van der Waals surface area contributed by atoms with Crippen LogP contribution in [0.5, 0.6) is 5.75 Å². The molecule has 1 unspecified atom stereocenters. The van der Waals surface area contributed by atoms with Gasteiger partial charge in [0.15, 0.2) is 6.23 Å². The van der Waals surface area contributed by atoms with Crippen LogP contribution in [0.25, 0.3) is 0 Å². The van der Waals surface area contributed by atoms with Gasteiger partial charge in [0.1, 0.15) is 11.2 Å². The van der Waals surface area contributed by atoms with E-state index in [2.05, 4.69) is 4.90 Å². The normalized spacial score (nSPS) is 24.3. The summed E-state index contributed by atoms with van der Waals surface area (Å²) in [5, 5.41) is 0. The number of ether oxygens (including phenoxy) is 3. The lowest BCUT2D eigenvalue weighted by molar-refractivity contribution is -0.167. The molecule has 0 spiro atoms. The number of methoxy groups -OCH3 is 2. The molecule has 3 atom stereocenters. The van der Waals surface area contributed by atoms with Crippen LogP contribution in [-0.4, -0.2) is 68.7 Å². The van der Waals surface area contributed by atoms with Crippen molar-refractivity contribution in [1.29, 1.82) is 0 Å². The minimum absolute atomic E-state index is 0.225. The van der Waals surface area contributed by atoms with Crippen molar-refractivity contribution >= 4 is 12.4 Å². The van der Waals surface area contributed by atoms with Gasteiger partial charge in [0.2, 0.25) is 6.41 Å². The molecular weight excluding hydrogens is 396 g/mol. The Labute approximate surface area is 182 Å². The molecule has 164 valence electrons. The Balaban J connectivity index is 1.59. The smallest absolute Gasteiger partial charge is 0.321 e. The zero-order valence-electron chi connectivity index (χ0n) is 17.9. The summed E-state index contributed by atoms with van der Waals surface area (Å²) in [7, 11) is 3.24. The van der Waals surface area contributed by atoms with Crippen molar-refractivity contribution in [2.24, 2.45) is 0 Å². The molecule has 2 aromatic rings. The topological polar surface area (TPSA) is 68.3 Å². The van der Waals surface area contributed by atoms with Crippen LogP contribution in [0.3, 0.4) is 0 Å². The number of piperazine rings is 1. The van der Waals surface area contributed by atoms with Crippen LogP contribution in [0.15, 0.2) is 54.6 Å². The zero-order chi connectivity index (χ0) is 21.8. The largest absolute Gasteiger partial charge is 0.497 e. The molecule has 31 heavy (non-hydrogen) atoms. The van der Waals surface area contributed by atoms with Crippen LogP contribution in [0.1, 0.15) is 23.8 Å². The minimum Gasteiger partial charge on any atom is -0.497 e. The molecule has 0 N–H and O–H groups in total. The lowest BCUT2D eigenvalue weighted by atomic mass is 9.95. The van der Waals surface area contributed by atoms with Gasteiger partial charge in [-0.25, -0.2) is 0 Å². The van der Waals surface area contributed by atoms with Crippen LogP contribution in [0.4, 0.5) is 0 Å². The van der Waals surface area contributed by atoms with Crippen LogP contribution < -0.4 is 4.74 Å². The molecule has 7 heteroatoms. The highest BCUT2D eigenvalue weighted by Gasteiger charge is 2.64. The quantitative estimate of drug-likeness (QED) is 0.479. The number of carbonyl (C=O) groups is 2. The molecule has 7 nitrogen and oxygen atoms in total. The SMILES string of the molecule is COc1ccc([C@]2(C(=O)OC(c3ccccc3)N3CCN(C=O)CC3)C[C@H]2OC)cc1. The van der Waals surface area contributed by atoms with E-state index in [1.54, 1.807) is 19.1 Å². The molecular formula is C24H28N2O5. The third-order valence-electron chi connectivity index (χ3n) is 6.28. The number of hydrogen-bond donors (Lipinski definition) is 0. The fraction of sp³-hybridized carbons (Fsp3) is 0.417. The van der Waals surface area contributed by atoms with Crippen molar-refractivity contribution in [3.63, 3.8) is 0 Å². The van der Waals surface area contributed by atoms with E-state index in [1.807, 2.05) is 54.6 Å². The molecule has 0 aromatic heterocycles. The molecule has 1 amide bonds. The summed E-state index contributed by atoms with van der Waals surface area (Å²) in [5.41, 5.74) is 0.955. The summed E-state index contributed by atoms with van der Waals surface area (Å²) in [6, 6.07) is 17.2. The molecule has 1 aliphatic carbocycles. The Bertz CT molecular complexity index is 896. The lowest BCUT2D eigenvalue weighted by Crippen LogP contribution is -2.48. The maximum Gasteiger partial charge on any atom is 0.321 e. The molecule has 4 rings (SSSR count). The first-order chi connectivity index (χ1) is 15.1. The number of nitrogens with zero attached hydrogens (tertiary/aromatic N) is 2. The second kappa shape index (κ2) is 9.08. The average Bonchev–Trinajstić information content (AvgIpc) is 3.59. The van der Waals surface area contributed by atoms with Crippen molar-refractivity contribution in [1.82, 2.24) is 9.80 Å². The van der Waals surface area contributed by atoms with Crippen LogP contribution >= 0.6 is 0 Å². The van der Waals surface area contributed by atoms with Gasteiger partial charge in [-0.2, -0.15) is 0 Å². The first-order valence-corrected chi connectivity index (χ1v) is 10.5. The number of carbonyl (C=O) groups excluding carboxylic acids is 2. The lowest BCUT2D eigenvalue weighted by Gasteiger charge is -2.38. The van der Waals surface area contributed by atoms with E-state index in [1.165, 1.54) is 0 Å². The Morgan fingerprint density at radius 3 is 2.26 bits per heavy atom. The van der Waals surface area contributed by atoms with E-state index in [9.17, 15) is 9.59 Å². The zero-order valence-corrected chi connectivity index (χ0v) is 17.9. The van der Waals surface area contributed by atoms with Crippen molar-refractivity contribution < 1.29 is 23.8 Å². The van der Waals surface area contributed by atoms with E-state index < -0.39 is 11.6 Å². The second-order valence-electron chi connectivity index (χ2n) is 7.97. The van der Waals surface area contributed by atoms with E-state index in [0.29, 0.717) is 32.6 Å². The minimum atomic E-state index is -0.821. The first-order valence-electron chi connectivity index (χ1n) is 10.5. The molecule has 1 saturated heterocycles. The number of hydrogen-bond acceptors (Lipinski definition) is 6. The Hall–Kier alpha value is -2.90. The van der Waals surface area contributed by atoms with E-state index >= 15 is 0 Å². The molecule has 1 aliphatic heterocycles. The number of esters is 1. The highest BCUT2D eigenvalue weighted by Crippen LogP contribution is 2.52. The number of amides is 1. The molecule has 2 fully saturated rings. The maximum absolute atomic E-state index is 13.6.